The maximum Gasteiger partial charge on any atom is 0.273 e. The Hall–Kier alpha value is -1.26. The van der Waals surface area contributed by atoms with Crippen LogP contribution in [0.25, 0.3) is 0 Å². The third kappa shape index (κ3) is 1.66. The summed E-state index contributed by atoms with van der Waals surface area (Å²) in [5.74, 6) is -0.518. The van der Waals surface area contributed by atoms with E-state index in [9.17, 15) is 4.39 Å². The van der Waals surface area contributed by atoms with E-state index < -0.39 is 5.82 Å². The Bertz CT molecular complexity index is 328. The minimum Gasteiger partial charge on any atom is -0.479 e. The van der Waals surface area contributed by atoms with E-state index in [0.717, 1.165) is 0 Å². The van der Waals surface area contributed by atoms with Crippen molar-refractivity contribution in [3.05, 3.63) is 5.82 Å². The van der Waals surface area contributed by atoms with Crippen molar-refractivity contribution < 1.29 is 13.9 Å². The lowest BCUT2D eigenvalue weighted by Gasteiger charge is -2.20. The third-order valence-electron chi connectivity index (χ3n) is 1.78. The van der Waals surface area contributed by atoms with E-state index in [1.807, 2.05) is 20.8 Å². The fourth-order valence-corrected chi connectivity index (χ4v) is 1.13. The van der Waals surface area contributed by atoms with Crippen LogP contribution in [-0.4, -0.2) is 24.0 Å². The number of nitrogens with zero attached hydrogens (tertiary/aromatic N) is 2. The maximum absolute atomic E-state index is 13.5. The van der Waals surface area contributed by atoms with Gasteiger partial charge in [0, 0.05) is 0 Å². The van der Waals surface area contributed by atoms with Crippen molar-refractivity contribution >= 4 is 0 Å². The summed E-state index contributed by atoms with van der Waals surface area (Å²) >= 11 is 0. The third-order valence-corrected chi connectivity index (χ3v) is 1.78. The van der Waals surface area contributed by atoms with Crippen molar-refractivity contribution in [1.29, 1.82) is 0 Å². The quantitative estimate of drug-likeness (QED) is 0.733. The molecule has 0 saturated carbocycles. The molecule has 0 amide bonds. The van der Waals surface area contributed by atoms with Gasteiger partial charge in [0.2, 0.25) is 5.82 Å². The number of hydrogen-bond donors (Lipinski definition) is 0. The van der Waals surface area contributed by atoms with E-state index in [-0.39, 0.29) is 17.3 Å². The molecular weight excluding hydrogens is 187 g/mol. The second kappa shape index (κ2) is 3.48. The standard InChI is InChI=1S/C9H15FN2O2/c1-9(2,3)12-8(14-5)6(10)7(11-12)13-4/h1-5H3. The molecule has 0 saturated heterocycles. The molecule has 1 aromatic rings. The van der Waals surface area contributed by atoms with E-state index in [1.54, 1.807) is 0 Å². The molecule has 0 aliphatic rings. The number of aromatic nitrogens is 2. The van der Waals surface area contributed by atoms with Crippen LogP contribution < -0.4 is 9.47 Å². The molecule has 0 atom stereocenters. The topological polar surface area (TPSA) is 36.3 Å². The second-order valence-corrected chi connectivity index (χ2v) is 3.92. The van der Waals surface area contributed by atoms with Gasteiger partial charge in [0.1, 0.15) is 0 Å². The molecule has 0 fully saturated rings. The first-order chi connectivity index (χ1) is 6.41. The summed E-state index contributed by atoms with van der Waals surface area (Å²) in [6.07, 6.45) is 0. The Morgan fingerprint density at radius 3 is 2.07 bits per heavy atom. The zero-order valence-electron chi connectivity index (χ0n) is 9.09. The molecule has 4 nitrogen and oxygen atoms in total. The maximum atomic E-state index is 13.5. The summed E-state index contributed by atoms with van der Waals surface area (Å²) in [7, 11) is 2.78. The van der Waals surface area contributed by atoms with Crippen LogP contribution in [0.1, 0.15) is 20.8 Å². The summed E-state index contributed by atoms with van der Waals surface area (Å²) in [5, 5.41) is 3.96. The minimum atomic E-state index is -0.565. The average Bonchev–Trinajstić information content (AvgIpc) is 2.41. The van der Waals surface area contributed by atoms with E-state index >= 15 is 0 Å². The molecule has 0 aliphatic heterocycles. The minimum absolute atomic E-state index is 0.0447. The molecule has 0 aliphatic carbocycles. The Labute approximate surface area is 82.6 Å². The lowest BCUT2D eigenvalue weighted by Crippen LogP contribution is -2.23. The van der Waals surface area contributed by atoms with Crippen molar-refractivity contribution in [1.82, 2.24) is 9.78 Å². The molecule has 1 aromatic heterocycles. The van der Waals surface area contributed by atoms with Gasteiger partial charge >= 0.3 is 0 Å². The van der Waals surface area contributed by atoms with Crippen molar-refractivity contribution in [2.45, 2.75) is 26.3 Å². The summed E-state index contributed by atoms with van der Waals surface area (Å²) in [5.41, 5.74) is -0.344. The van der Waals surface area contributed by atoms with Gasteiger partial charge in [-0.3, -0.25) is 0 Å². The van der Waals surface area contributed by atoms with Crippen LogP contribution in [0.5, 0.6) is 11.8 Å². The Morgan fingerprint density at radius 1 is 1.21 bits per heavy atom. The fourth-order valence-electron chi connectivity index (χ4n) is 1.13. The molecule has 80 valence electrons. The van der Waals surface area contributed by atoms with E-state index in [1.165, 1.54) is 18.9 Å². The normalized spacial score (nSPS) is 11.6. The van der Waals surface area contributed by atoms with Crippen LogP contribution in [0.3, 0.4) is 0 Å². The highest BCUT2D eigenvalue weighted by Crippen LogP contribution is 2.30. The molecule has 0 aromatic carbocycles. The van der Waals surface area contributed by atoms with Crippen LogP contribution in [0.2, 0.25) is 0 Å². The zero-order valence-corrected chi connectivity index (χ0v) is 9.09. The Kier molecular flexibility index (Phi) is 2.69. The van der Waals surface area contributed by atoms with Gasteiger partial charge in [0.05, 0.1) is 19.8 Å². The predicted molar refractivity (Wildman–Crippen MR) is 50.3 cm³/mol. The van der Waals surface area contributed by atoms with E-state index in [2.05, 4.69) is 5.10 Å². The van der Waals surface area contributed by atoms with Gasteiger partial charge < -0.3 is 9.47 Å². The number of halogens is 1. The summed E-state index contributed by atoms with van der Waals surface area (Å²) in [6.45, 7) is 5.71. The predicted octanol–water partition coefficient (Wildman–Crippen LogP) is 1.79. The first-order valence-electron chi connectivity index (χ1n) is 4.28. The van der Waals surface area contributed by atoms with Gasteiger partial charge in [-0.1, -0.05) is 0 Å². The first-order valence-corrected chi connectivity index (χ1v) is 4.28. The highest BCUT2D eigenvalue weighted by atomic mass is 19.1. The Balaban J connectivity index is 3.30. The fraction of sp³-hybridized carbons (Fsp3) is 0.667. The molecule has 0 unspecified atom stereocenters. The number of rotatable bonds is 2. The summed E-state index contributed by atoms with van der Waals surface area (Å²) < 4.78 is 24.7. The van der Waals surface area contributed by atoms with Crippen molar-refractivity contribution in [3.8, 4) is 11.8 Å². The Morgan fingerprint density at radius 2 is 1.79 bits per heavy atom. The van der Waals surface area contributed by atoms with Gasteiger partial charge in [-0.05, 0) is 20.8 Å². The lowest BCUT2D eigenvalue weighted by molar-refractivity contribution is 0.271. The summed E-state index contributed by atoms with van der Waals surface area (Å²) in [4.78, 5) is 0. The van der Waals surface area contributed by atoms with Crippen LogP contribution in [0, 0.1) is 5.82 Å². The molecule has 0 N–H and O–H groups in total. The summed E-state index contributed by atoms with van der Waals surface area (Å²) in [6, 6.07) is 0. The van der Waals surface area contributed by atoms with Crippen LogP contribution in [0.15, 0.2) is 0 Å². The van der Waals surface area contributed by atoms with Crippen LogP contribution in [-0.2, 0) is 5.54 Å². The van der Waals surface area contributed by atoms with Gasteiger partial charge in [-0.25, -0.2) is 4.68 Å². The SMILES string of the molecule is COc1nn(C(C)(C)C)c(OC)c1F. The number of ether oxygens (including phenoxy) is 2. The van der Waals surface area contributed by atoms with Gasteiger partial charge in [0.25, 0.3) is 11.8 Å². The molecule has 1 rings (SSSR count). The molecule has 1 heterocycles. The monoisotopic (exact) mass is 202 g/mol. The molecule has 0 radical (unpaired) electrons. The largest absolute Gasteiger partial charge is 0.479 e. The molecule has 5 heteroatoms. The smallest absolute Gasteiger partial charge is 0.273 e. The average molecular weight is 202 g/mol. The zero-order chi connectivity index (χ0) is 10.9. The molecule has 14 heavy (non-hydrogen) atoms. The van der Waals surface area contributed by atoms with E-state index in [4.69, 9.17) is 9.47 Å². The molecular formula is C9H15FN2O2. The molecule has 0 bridgehead atoms. The van der Waals surface area contributed by atoms with Crippen LogP contribution >= 0.6 is 0 Å². The second-order valence-electron chi connectivity index (χ2n) is 3.92. The van der Waals surface area contributed by atoms with Crippen molar-refractivity contribution in [2.75, 3.05) is 14.2 Å². The van der Waals surface area contributed by atoms with E-state index in [0.29, 0.717) is 0 Å². The van der Waals surface area contributed by atoms with Gasteiger partial charge in [-0.2, -0.15) is 4.39 Å². The highest BCUT2D eigenvalue weighted by Gasteiger charge is 2.26. The number of hydrogen-bond acceptors (Lipinski definition) is 3. The molecule has 0 spiro atoms. The van der Waals surface area contributed by atoms with Gasteiger partial charge in [-0.15, -0.1) is 5.10 Å². The highest BCUT2D eigenvalue weighted by molar-refractivity contribution is 5.25. The van der Waals surface area contributed by atoms with Crippen LogP contribution in [0.4, 0.5) is 4.39 Å². The van der Waals surface area contributed by atoms with Crippen molar-refractivity contribution in [3.63, 3.8) is 0 Å². The lowest BCUT2D eigenvalue weighted by atomic mass is 10.1. The van der Waals surface area contributed by atoms with Crippen molar-refractivity contribution in [2.24, 2.45) is 0 Å². The van der Waals surface area contributed by atoms with Gasteiger partial charge in [0.15, 0.2) is 0 Å². The number of methoxy groups -OCH3 is 2. The first kappa shape index (κ1) is 10.8.